The van der Waals surface area contributed by atoms with E-state index in [1.807, 2.05) is 0 Å². The third-order valence-corrected chi connectivity index (χ3v) is 2.45. The van der Waals surface area contributed by atoms with Gasteiger partial charge in [0.15, 0.2) is 5.65 Å². The number of aromatic amines is 1. The third kappa shape index (κ3) is 3.24. The van der Waals surface area contributed by atoms with E-state index >= 15 is 0 Å². The van der Waals surface area contributed by atoms with Crippen molar-refractivity contribution in [3.63, 3.8) is 0 Å². The van der Waals surface area contributed by atoms with E-state index in [1.54, 1.807) is 7.05 Å². The molecule has 1 unspecified atom stereocenters. The van der Waals surface area contributed by atoms with E-state index < -0.39 is 18.6 Å². The molecule has 0 amide bonds. The Hall–Kier alpha value is -2.06. The molecule has 1 atom stereocenters. The fourth-order valence-electron chi connectivity index (χ4n) is 1.69. The number of fused-ring (bicyclic) bond motifs is 1. The van der Waals surface area contributed by atoms with Crippen LogP contribution in [0.25, 0.3) is 11.0 Å². The third-order valence-electron chi connectivity index (χ3n) is 2.45. The van der Waals surface area contributed by atoms with Crippen molar-refractivity contribution in [3.05, 3.63) is 6.20 Å². The maximum Gasteiger partial charge on any atom is 0.391 e. The molecule has 0 radical (unpaired) electrons. The Morgan fingerprint density at radius 3 is 2.74 bits per heavy atom. The molecule has 0 bridgehead atoms. The SMILES string of the molecule is CNc1nc(NC(C)CC(F)(F)F)c2cn[nH]c2n1. The second-order valence-corrected chi connectivity index (χ2v) is 4.14. The summed E-state index contributed by atoms with van der Waals surface area (Å²) < 4.78 is 36.9. The Kier molecular flexibility index (Phi) is 3.45. The van der Waals surface area contributed by atoms with Gasteiger partial charge in [0.1, 0.15) is 5.82 Å². The van der Waals surface area contributed by atoms with Gasteiger partial charge in [-0.15, -0.1) is 0 Å². The summed E-state index contributed by atoms with van der Waals surface area (Å²) in [5, 5.41) is 12.5. The van der Waals surface area contributed by atoms with Crippen LogP contribution >= 0.6 is 0 Å². The number of hydrogen-bond donors (Lipinski definition) is 3. The lowest BCUT2D eigenvalue weighted by Gasteiger charge is -2.17. The molecule has 104 valence electrons. The Morgan fingerprint density at radius 1 is 1.37 bits per heavy atom. The molecule has 2 aromatic rings. The van der Waals surface area contributed by atoms with Crippen molar-refractivity contribution in [1.29, 1.82) is 0 Å². The number of rotatable bonds is 4. The van der Waals surface area contributed by atoms with Gasteiger partial charge < -0.3 is 10.6 Å². The quantitative estimate of drug-likeness (QED) is 0.796. The van der Waals surface area contributed by atoms with Crippen molar-refractivity contribution >= 4 is 22.8 Å². The second-order valence-electron chi connectivity index (χ2n) is 4.14. The first-order valence-electron chi connectivity index (χ1n) is 5.61. The number of halogens is 3. The minimum Gasteiger partial charge on any atom is -0.366 e. The fraction of sp³-hybridized carbons (Fsp3) is 0.500. The van der Waals surface area contributed by atoms with E-state index in [-0.39, 0.29) is 0 Å². The van der Waals surface area contributed by atoms with E-state index in [4.69, 9.17) is 0 Å². The Labute approximate surface area is 106 Å². The molecule has 2 heterocycles. The molecule has 19 heavy (non-hydrogen) atoms. The number of alkyl halides is 3. The van der Waals surface area contributed by atoms with Crippen LogP contribution in [-0.2, 0) is 0 Å². The highest BCUT2D eigenvalue weighted by Gasteiger charge is 2.30. The van der Waals surface area contributed by atoms with E-state index in [1.165, 1.54) is 13.1 Å². The zero-order chi connectivity index (χ0) is 14.0. The van der Waals surface area contributed by atoms with Crippen molar-refractivity contribution in [2.75, 3.05) is 17.7 Å². The fourth-order valence-corrected chi connectivity index (χ4v) is 1.69. The highest BCUT2D eigenvalue weighted by atomic mass is 19.4. The highest BCUT2D eigenvalue weighted by molar-refractivity contribution is 5.87. The Bertz CT molecular complexity index is 564. The van der Waals surface area contributed by atoms with Crippen LogP contribution in [0.5, 0.6) is 0 Å². The van der Waals surface area contributed by atoms with Crippen LogP contribution in [0.1, 0.15) is 13.3 Å². The Balaban J connectivity index is 2.26. The molecule has 3 N–H and O–H groups in total. The zero-order valence-electron chi connectivity index (χ0n) is 10.3. The van der Waals surface area contributed by atoms with Crippen molar-refractivity contribution in [2.45, 2.75) is 25.6 Å². The van der Waals surface area contributed by atoms with Gasteiger partial charge in [-0.1, -0.05) is 0 Å². The van der Waals surface area contributed by atoms with Crippen LogP contribution in [-0.4, -0.2) is 39.4 Å². The summed E-state index contributed by atoms with van der Waals surface area (Å²) in [5.41, 5.74) is 0.459. The molecule has 2 rings (SSSR count). The summed E-state index contributed by atoms with van der Waals surface area (Å²) in [4.78, 5) is 8.19. The Morgan fingerprint density at radius 2 is 2.11 bits per heavy atom. The monoisotopic (exact) mass is 274 g/mol. The summed E-state index contributed by atoms with van der Waals surface area (Å²) in [6, 6.07) is -0.794. The van der Waals surface area contributed by atoms with Gasteiger partial charge in [-0.2, -0.15) is 28.2 Å². The predicted octanol–water partition coefficient (Wildman–Crippen LogP) is 2.15. The summed E-state index contributed by atoms with van der Waals surface area (Å²) in [5.74, 6) is 0.623. The summed E-state index contributed by atoms with van der Waals surface area (Å²) in [7, 11) is 1.63. The molecular weight excluding hydrogens is 261 g/mol. The van der Waals surface area contributed by atoms with Crippen LogP contribution < -0.4 is 10.6 Å². The van der Waals surface area contributed by atoms with Gasteiger partial charge in [-0.3, -0.25) is 5.10 Å². The van der Waals surface area contributed by atoms with Crippen LogP contribution in [0.2, 0.25) is 0 Å². The van der Waals surface area contributed by atoms with Crippen LogP contribution in [0.15, 0.2) is 6.20 Å². The zero-order valence-corrected chi connectivity index (χ0v) is 10.3. The number of aromatic nitrogens is 4. The molecule has 2 aromatic heterocycles. The minimum absolute atomic E-state index is 0.304. The number of H-pyrrole nitrogens is 1. The van der Waals surface area contributed by atoms with Gasteiger partial charge in [-0.05, 0) is 6.92 Å². The summed E-state index contributed by atoms with van der Waals surface area (Å²) in [6.07, 6.45) is -3.69. The number of anilines is 2. The second kappa shape index (κ2) is 4.90. The number of nitrogens with one attached hydrogen (secondary N) is 3. The van der Waals surface area contributed by atoms with Gasteiger partial charge in [0, 0.05) is 13.1 Å². The van der Waals surface area contributed by atoms with Crippen molar-refractivity contribution in [3.8, 4) is 0 Å². The molecule has 9 heteroatoms. The maximum absolute atomic E-state index is 12.3. The summed E-state index contributed by atoms with van der Waals surface area (Å²) >= 11 is 0. The normalized spacial score (nSPS) is 13.5. The van der Waals surface area contributed by atoms with Gasteiger partial charge in [0.2, 0.25) is 5.95 Å². The molecule has 6 nitrogen and oxygen atoms in total. The topological polar surface area (TPSA) is 78.5 Å². The van der Waals surface area contributed by atoms with E-state index in [2.05, 4.69) is 30.8 Å². The lowest BCUT2D eigenvalue weighted by Crippen LogP contribution is -2.24. The van der Waals surface area contributed by atoms with Gasteiger partial charge >= 0.3 is 6.18 Å². The van der Waals surface area contributed by atoms with Gasteiger partial charge in [0.25, 0.3) is 0 Å². The van der Waals surface area contributed by atoms with Crippen LogP contribution in [0.3, 0.4) is 0 Å². The van der Waals surface area contributed by atoms with Gasteiger partial charge in [0.05, 0.1) is 18.0 Å². The first kappa shape index (κ1) is 13.4. The van der Waals surface area contributed by atoms with Crippen LogP contribution in [0.4, 0.5) is 24.9 Å². The first-order chi connectivity index (χ1) is 8.89. The average molecular weight is 274 g/mol. The van der Waals surface area contributed by atoms with Crippen molar-refractivity contribution < 1.29 is 13.2 Å². The molecule has 0 aromatic carbocycles. The number of hydrogen-bond acceptors (Lipinski definition) is 5. The van der Waals surface area contributed by atoms with E-state index in [0.29, 0.717) is 22.8 Å². The van der Waals surface area contributed by atoms with Crippen LogP contribution in [0, 0.1) is 0 Å². The first-order valence-corrected chi connectivity index (χ1v) is 5.61. The number of nitrogens with zero attached hydrogens (tertiary/aromatic N) is 3. The minimum atomic E-state index is -4.22. The lowest BCUT2D eigenvalue weighted by atomic mass is 10.2. The maximum atomic E-state index is 12.3. The summed E-state index contributed by atoms with van der Waals surface area (Å²) in [6.45, 7) is 1.45. The van der Waals surface area contributed by atoms with E-state index in [0.717, 1.165) is 0 Å². The molecule has 0 saturated carbocycles. The molecule has 0 aliphatic carbocycles. The average Bonchev–Trinajstić information content (AvgIpc) is 2.74. The van der Waals surface area contributed by atoms with Gasteiger partial charge in [-0.25, -0.2) is 0 Å². The van der Waals surface area contributed by atoms with Crippen molar-refractivity contribution in [1.82, 2.24) is 20.2 Å². The highest BCUT2D eigenvalue weighted by Crippen LogP contribution is 2.25. The molecule has 0 saturated heterocycles. The molecule has 0 aliphatic heterocycles. The lowest BCUT2D eigenvalue weighted by molar-refractivity contribution is -0.136. The smallest absolute Gasteiger partial charge is 0.366 e. The van der Waals surface area contributed by atoms with E-state index in [9.17, 15) is 13.2 Å². The largest absolute Gasteiger partial charge is 0.391 e. The molecule has 0 spiro atoms. The van der Waals surface area contributed by atoms with Crippen molar-refractivity contribution in [2.24, 2.45) is 0 Å². The molecule has 0 fully saturated rings. The predicted molar refractivity (Wildman–Crippen MR) is 65.0 cm³/mol. The molecular formula is C10H13F3N6. The standard InChI is InChI=1S/C10H13F3N6/c1-5(3-10(11,12)13)16-7-6-4-15-19-8(6)18-9(14-2)17-7/h4-5H,3H2,1-2H3,(H3,14,15,16,17,18,19). The molecule has 0 aliphatic rings.